The van der Waals surface area contributed by atoms with Gasteiger partial charge in [0.15, 0.2) is 0 Å². The molecule has 8 nitrogen and oxygen atoms in total. The Labute approximate surface area is 206 Å². The zero-order valence-corrected chi connectivity index (χ0v) is 20.3. The summed E-state index contributed by atoms with van der Waals surface area (Å²) < 4.78 is 24.4. The second kappa shape index (κ2) is 13.3. The van der Waals surface area contributed by atoms with E-state index in [2.05, 4.69) is 10.2 Å². The van der Waals surface area contributed by atoms with Gasteiger partial charge in [0.1, 0.15) is 30.9 Å². The van der Waals surface area contributed by atoms with Gasteiger partial charge in [-0.25, -0.2) is 4.39 Å². The number of carbonyl (C=O) groups excluding carboxylic acids is 2. The summed E-state index contributed by atoms with van der Waals surface area (Å²) in [6.07, 6.45) is 1.49. The van der Waals surface area contributed by atoms with E-state index in [0.717, 1.165) is 52.1 Å². The molecule has 3 aliphatic heterocycles. The van der Waals surface area contributed by atoms with E-state index in [1.165, 1.54) is 12.1 Å². The highest BCUT2D eigenvalue weighted by Gasteiger charge is 2.34. The molecule has 1 unspecified atom stereocenters. The van der Waals surface area contributed by atoms with Crippen molar-refractivity contribution in [1.82, 2.24) is 20.0 Å². The van der Waals surface area contributed by atoms with Crippen LogP contribution in [-0.2, 0) is 14.3 Å². The zero-order chi connectivity index (χ0) is 21.6. The van der Waals surface area contributed by atoms with Crippen LogP contribution in [0.4, 0.5) is 4.39 Å². The fourth-order valence-corrected chi connectivity index (χ4v) is 4.41. The molecule has 3 heterocycles. The van der Waals surface area contributed by atoms with Crippen LogP contribution in [0.3, 0.4) is 0 Å². The molecule has 186 valence electrons. The molecule has 4 rings (SSSR count). The molecule has 1 atom stereocenters. The van der Waals surface area contributed by atoms with Gasteiger partial charge in [-0.05, 0) is 37.1 Å². The molecule has 11 heteroatoms. The van der Waals surface area contributed by atoms with Crippen LogP contribution < -0.4 is 10.1 Å². The largest absolute Gasteiger partial charge is 0.491 e. The van der Waals surface area contributed by atoms with E-state index in [0.29, 0.717) is 25.4 Å². The maximum absolute atomic E-state index is 13.0. The fraction of sp³-hybridized carbons (Fsp3) is 0.636. The monoisotopic (exact) mass is 506 g/mol. The molecule has 1 aromatic carbocycles. The molecule has 1 N–H and O–H groups in total. The van der Waals surface area contributed by atoms with Gasteiger partial charge in [-0.1, -0.05) is 0 Å². The number of nitrogens with one attached hydrogen (secondary N) is 1. The van der Waals surface area contributed by atoms with Gasteiger partial charge in [0.2, 0.25) is 11.8 Å². The smallest absolute Gasteiger partial charge is 0.248 e. The number of likely N-dealkylation sites (tertiary alicyclic amines) is 1. The summed E-state index contributed by atoms with van der Waals surface area (Å²) in [6, 6.07) is 6.04. The van der Waals surface area contributed by atoms with Gasteiger partial charge < -0.3 is 24.6 Å². The van der Waals surface area contributed by atoms with Gasteiger partial charge in [0.05, 0.1) is 13.1 Å². The highest BCUT2D eigenvalue weighted by Crippen LogP contribution is 2.21. The van der Waals surface area contributed by atoms with Gasteiger partial charge in [0, 0.05) is 45.3 Å². The van der Waals surface area contributed by atoms with Crippen molar-refractivity contribution in [2.24, 2.45) is 0 Å². The maximum atomic E-state index is 13.0. The van der Waals surface area contributed by atoms with E-state index >= 15 is 0 Å². The second-order valence-electron chi connectivity index (χ2n) is 8.38. The van der Waals surface area contributed by atoms with Crippen molar-refractivity contribution in [2.75, 3.05) is 65.6 Å². The summed E-state index contributed by atoms with van der Waals surface area (Å²) in [5.41, 5.74) is 0. The molecule has 2 amide bonds. The third-order valence-corrected chi connectivity index (χ3v) is 6.24. The Balaban J connectivity index is 0.00000193. The number of carbonyl (C=O) groups is 2. The van der Waals surface area contributed by atoms with Gasteiger partial charge in [-0.15, -0.1) is 24.8 Å². The minimum atomic E-state index is -0.306. The van der Waals surface area contributed by atoms with Gasteiger partial charge >= 0.3 is 0 Å². The number of halogens is 3. The van der Waals surface area contributed by atoms with E-state index in [4.69, 9.17) is 9.47 Å². The average Bonchev–Trinajstić information content (AvgIpc) is 2.81. The number of hydrogen-bond donors (Lipinski definition) is 1. The lowest BCUT2D eigenvalue weighted by Crippen LogP contribution is -2.56. The Morgan fingerprint density at radius 1 is 1.09 bits per heavy atom. The van der Waals surface area contributed by atoms with Crippen molar-refractivity contribution in [1.29, 1.82) is 0 Å². The van der Waals surface area contributed by atoms with Crippen molar-refractivity contribution >= 4 is 36.6 Å². The first-order valence-electron chi connectivity index (χ1n) is 11.1. The molecule has 0 aliphatic carbocycles. The van der Waals surface area contributed by atoms with Crippen LogP contribution in [0.5, 0.6) is 5.75 Å². The first-order valence-corrected chi connectivity index (χ1v) is 11.1. The van der Waals surface area contributed by atoms with E-state index in [-0.39, 0.29) is 61.2 Å². The van der Waals surface area contributed by atoms with E-state index < -0.39 is 0 Å². The molecule has 0 saturated carbocycles. The number of morpholine rings is 1. The van der Waals surface area contributed by atoms with Crippen molar-refractivity contribution in [3.05, 3.63) is 30.1 Å². The first-order chi connectivity index (χ1) is 15.1. The predicted octanol–water partition coefficient (Wildman–Crippen LogP) is 1.17. The SMILES string of the molecule is Cl.Cl.O=C(CN1CCC(N2CC(COc3ccc(F)cc3)OCC2=O)CC1)N1CCNCC1. The van der Waals surface area contributed by atoms with Crippen LogP contribution in [0.25, 0.3) is 0 Å². The van der Waals surface area contributed by atoms with Crippen molar-refractivity contribution in [3.63, 3.8) is 0 Å². The Hall–Kier alpha value is -1.65. The molecule has 0 spiro atoms. The van der Waals surface area contributed by atoms with Crippen molar-refractivity contribution < 1.29 is 23.5 Å². The Kier molecular flexibility index (Phi) is 11.1. The summed E-state index contributed by atoms with van der Waals surface area (Å²) in [5, 5.41) is 3.26. The number of piperidine rings is 1. The molecule has 3 saturated heterocycles. The van der Waals surface area contributed by atoms with Crippen LogP contribution in [0.15, 0.2) is 24.3 Å². The van der Waals surface area contributed by atoms with Crippen LogP contribution in [0, 0.1) is 5.82 Å². The standard InChI is InChI=1S/C22H31FN4O4.2ClH/c23-17-1-3-19(4-2-17)30-15-20-13-27(22(29)16-31-20)18-5-9-25(10-6-18)14-21(28)26-11-7-24-8-12-26;;/h1-4,18,20,24H,5-16H2;2*1H. The van der Waals surface area contributed by atoms with Crippen LogP contribution >= 0.6 is 24.8 Å². The summed E-state index contributed by atoms with van der Waals surface area (Å²) in [5.74, 6) is 0.476. The molecule has 0 aromatic heterocycles. The molecular weight excluding hydrogens is 474 g/mol. The fourth-order valence-electron chi connectivity index (χ4n) is 4.41. The molecule has 0 radical (unpaired) electrons. The minimum absolute atomic E-state index is 0. The molecular formula is C22H33Cl2FN4O4. The number of ether oxygens (including phenoxy) is 2. The van der Waals surface area contributed by atoms with Crippen LogP contribution in [0.1, 0.15) is 12.8 Å². The third-order valence-electron chi connectivity index (χ3n) is 6.24. The Morgan fingerprint density at radius 3 is 2.42 bits per heavy atom. The summed E-state index contributed by atoms with van der Waals surface area (Å²) in [4.78, 5) is 31.0. The average molecular weight is 507 g/mol. The first kappa shape index (κ1) is 27.6. The zero-order valence-electron chi connectivity index (χ0n) is 18.6. The summed E-state index contributed by atoms with van der Waals surface area (Å²) in [7, 11) is 0. The van der Waals surface area contributed by atoms with Crippen LogP contribution in [0.2, 0.25) is 0 Å². The normalized spacial score (nSPS) is 22.3. The minimum Gasteiger partial charge on any atom is -0.491 e. The number of hydrogen-bond acceptors (Lipinski definition) is 6. The molecule has 0 bridgehead atoms. The Bertz CT molecular complexity index is 759. The number of rotatable bonds is 6. The lowest BCUT2D eigenvalue weighted by Gasteiger charge is -2.42. The van der Waals surface area contributed by atoms with E-state index in [9.17, 15) is 14.0 Å². The molecule has 1 aromatic rings. The van der Waals surface area contributed by atoms with E-state index in [1.807, 2.05) is 9.80 Å². The second-order valence-corrected chi connectivity index (χ2v) is 8.38. The van der Waals surface area contributed by atoms with Crippen molar-refractivity contribution in [2.45, 2.75) is 25.0 Å². The van der Waals surface area contributed by atoms with Gasteiger partial charge in [-0.2, -0.15) is 0 Å². The molecule has 33 heavy (non-hydrogen) atoms. The number of amides is 2. The molecule has 3 fully saturated rings. The number of nitrogens with zero attached hydrogens (tertiary/aromatic N) is 3. The summed E-state index contributed by atoms with van der Waals surface area (Å²) in [6.45, 7) is 6.21. The number of benzene rings is 1. The van der Waals surface area contributed by atoms with Gasteiger partial charge in [0.25, 0.3) is 0 Å². The van der Waals surface area contributed by atoms with Crippen molar-refractivity contribution in [3.8, 4) is 5.75 Å². The summed E-state index contributed by atoms with van der Waals surface area (Å²) >= 11 is 0. The predicted molar refractivity (Wildman–Crippen MR) is 127 cm³/mol. The Morgan fingerprint density at radius 2 is 1.76 bits per heavy atom. The topological polar surface area (TPSA) is 74.4 Å². The third kappa shape index (κ3) is 7.68. The lowest BCUT2D eigenvalue weighted by atomic mass is 10.0. The quantitative estimate of drug-likeness (QED) is 0.624. The van der Waals surface area contributed by atoms with E-state index in [1.54, 1.807) is 12.1 Å². The highest BCUT2D eigenvalue weighted by atomic mass is 35.5. The van der Waals surface area contributed by atoms with Gasteiger partial charge in [-0.3, -0.25) is 14.5 Å². The lowest BCUT2D eigenvalue weighted by molar-refractivity contribution is -0.155. The highest BCUT2D eigenvalue weighted by molar-refractivity contribution is 5.85. The maximum Gasteiger partial charge on any atom is 0.248 e. The van der Waals surface area contributed by atoms with Crippen LogP contribution in [-0.4, -0.2) is 104 Å². The number of piperazine rings is 1. The molecule has 3 aliphatic rings.